The summed E-state index contributed by atoms with van der Waals surface area (Å²) in [6.45, 7) is 4.83. The van der Waals surface area contributed by atoms with Gasteiger partial charge in [0.05, 0.1) is 14.2 Å². The number of hydrogen-bond donors (Lipinski definition) is 2. The largest absolute Gasteiger partial charge is 0.497 e. The lowest BCUT2D eigenvalue weighted by atomic mass is 10.2. The topological polar surface area (TPSA) is 58.1 Å². The quantitative estimate of drug-likeness (QED) is 0.616. The second kappa shape index (κ2) is 7.64. The maximum atomic E-state index is 5.38. The van der Waals surface area contributed by atoms with E-state index in [0.29, 0.717) is 12.1 Å². The number of guanidine groups is 1. The first-order chi connectivity index (χ1) is 11.7. The van der Waals surface area contributed by atoms with Crippen LogP contribution >= 0.6 is 0 Å². The molecule has 1 unspecified atom stereocenters. The van der Waals surface area contributed by atoms with Gasteiger partial charge in [-0.05, 0) is 26.2 Å². The highest BCUT2D eigenvalue weighted by Crippen LogP contribution is 2.30. The second-order valence-electron chi connectivity index (χ2n) is 6.39. The van der Waals surface area contributed by atoms with Crippen LogP contribution < -0.4 is 25.0 Å². The molecule has 1 aliphatic carbocycles. The number of methoxy groups -OCH3 is 2. The first kappa shape index (κ1) is 16.7. The van der Waals surface area contributed by atoms with Crippen molar-refractivity contribution in [2.24, 2.45) is 4.99 Å². The predicted octanol–water partition coefficient (Wildman–Crippen LogP) is 2.00. The van der Waals surface area contributed by atoms with E-state index in [9.17, 15) is 0 Å². The molecule has 6 nitrogen and oxygen atoms in total. The number of benzene rings is 1. The van der Waals surface area contributed by atoms with Gasteiger partial charge >= 0.3 is 0 Å². The van der Waals surface area contributed by atoms with E-state index in [4.69, 9.17) is 9.47 Å². The van der Waals surface area contributed by atoms with Gasteiger partial charge in [0.1, 0.15) is 11.5 Å². The average molecular weight is 332 g/mol. The molecule has 24 heavy (non-hydrogen) atoms. The minimum absolute atomic E-state index is 0.402. The van der Waals surface area contributed by atoms with Crippen molar-refractivity contribution >= 4 is 11.6 Å². The van der Waals surface area contributed by atoms with E-state index in [1.54, 1.807) is 14.2 Å². The molecule has 2 aliphatic rings. The predicted molar refractivity (Wildman–Crippen MR) is 97.4 cm³/mol. The Kier molecular flexibility index (Phi) is 5.33. The Bertz CT molecular complexity index is 564. The van der Waals surface area contributed by atoms with Gasteiger partial charge < -0.3 is 25.0 Å². The number of nitrogens with one attached hydrogen (secondary N) is 2. The molecule has 1 heterocycles. The summed E-state index contributed by atoms with van der Waals surface area (Å²) in [5.41, 5.74) is 1.14. The fraction of sp³-hybridized carbons (Fsp3) is 0.611. The van der Waals surface area contributed by atoms with Crippen molar-refractivity contribution in [1.29, 1.82) is 0 Å². The molecule has 0 radical (unpaired) electrons. The van der Waals surface area contributed by atoms with E-state index < -0.39 is 0 Å². The molecule has 3 rings (SSSR count). The van der Waals surface area contributed by atoms with Crippen LogP contribution in [0.3, 0.4) is 0 Å². The van der Waals surface area contributed by atoms with Crippen LogP contribution in [0.5, 0.6) is 11.5 Å². The zero-order valence-corrected chi connectivity index (χ0v) is 14.8. The highest BCUT2D eigenvalue weighted by Gasteiger charge is 2.27. The Balaban J connectivity index is 1.63. The summed E-state index contributed by atoms with van der Waals surface area (Å²) < 4.78 is 10.8. The molecule has 2 fully saturated rings. The van der Waals surface area contributed by atoms with Crippen molar-refractivity contribution in [1.82, 2.24) is 10.6 Å². The average Bonchev–Trinajstić information content (AvgIpc) is 3.29. The van der Waals surface area contributed by atoms with Gasteiger partial charge in [0.15, 0.2) is 5.96 Å². The highest BCUT2D eigenvalue weighted by atomic mass is 16.5. The van der Waals surface area contributed by atoms with Crippen molar-refractivity contribution in [2.75, 3.05) is 38.8 Å². The third-order valence-electron chi connectivity index (χ3n) is 4.46. The molecular weight excluding hydrogens is 304 g/mol. The Morgan fingerprint density at radius 3 is 2.33 bits per heavy atom. The summed E-state index contributed by atoms with van der Waals surface area (Å²) in [6, 6.07) is 7.05. The van der Waals surface area contributed by atoms with E-state index in [1.165, 1.54) is 12.8 Å². The van der Waals surface area contributed by atoms with Crippen LogP contribution in [-0.4, -0.2) is 51.9 Å². The first-order valence-corrected chi connectivity index (χ1v) is 8.77. The van der Waals surface area contributed by atoms with E-state index in [2.05, 4.69) is 39.6 Å². The van der Waals surface area contributed by atoms with Crippen LogP contribution in [0.25, 0.3) is 0 Å². The lowest BCUT2D eigenvalue weighted by Crippen LogP contribution is -2.45. The van der Waals surface area contributed by atoms with Crippen molar-refractivity contribution in [3.63, 3.8) is 0 Å². The molecule has 0 aromatic heterocycles. The minimum atomic E-state index is 0.402. The smallest absolute Gasteiger partial charge is 0.191 e. The minimum Gasteiger partial charge on any atom is -0.497 e. The van der Waals surface area contributed by atoms with Gasteiger partial charge in [-0.25, -0.2) is 0 Å². The summed E-state index contributed by atoms with van der Waals surface area (Å²) in [5.74, 6) is 2.60. The number of aliphatic imine (C=N–C) groups is 1. The lowest BCUT2D eigenvalue weighted by molar-refractivity contribution is 0.394. The van der Waals surface area contributed by atoms with Crippen LogP contribution in [0.2, 0.25) is 0 Å². The monoisotopic (exact) mass is 332 g/mol. The Hall–Kier alpha value is -2.11. The second-order valence-corrected chi connectivity index (χ2v) is 6.39. The van der Waals surface area contributed by atoms with Gasteiger partial charge in [-0.1, -0.05) is 0 Å². The van der Waals surface area contributed by atoms with Gasteiger partial charge in [0.25, 0.3) is 0 Å². The highest BCUT2D eigenvalue weighted by molar-refractivity contribution is 5.81. The fourth-order valence-corrected chi connectivity index (χ4v) is 2.99. The van der Waals surface area contributed by atoms with Crippen LogP contribution in [-0.2, 0) is 0 Å². The van der Waals surface area contributed by atoms with Crippen molar-refractivity contribution in [2.45, 2.75) is 38.3 Å². The molecule has 0 spiro atoms. The molecule has 1 aromatic rings. The Labute approximate surface area is 144 Å². The summed E-state index contributed by atoms with van der Waals surface area (Å²) in [5, 5.41) is 7.07. The summed E-state index contributed by atoms with van der Waals surface area (Å²) in [4.78, 5) is 6.92. The maximum Gasteiger partial charge on any atom is 0.191 e. The zero-order valence-electron chi connectivity index (χ0n) is 14.8. The van der Waals surface area contributed by atoms with Crippen molar-refractivity contribution < 1.29 is 9.47 Å². The fourth-order valence-electron chi connectivity index (χ4n) is 2.99. The van der Waals surface area contributed by atoms with E-state index >= 15 is 0 Å². The molecule has 1 aliphatic heterocycles. The molecule has 1 saturated heterocycles. The van der Waals surface area contributed by atoms with Crippen molar-refractivity contribution in [3.05, 3.63) is 18.2 Å². The first-order valence-electron chi connectivity index (χ1n) is 8.77. The SMILES string of the molecule is CCN=C(NC1CC1)NC1CCN(c2cc(OC)cc(OC)c2)C1. The van der Waals surface area contributed by atoms with Gasteiger partial charge in [0.2, 0.25) is 0 Å². The van der Waals surface area contributed by atoms with Crippen LogP contribution in [0.1, 0.15) is 26.2 Å². The standard InChI is InChI=1S/C18H28N4O2/c1-4-19-18(20-13-5-6-13)21-14-7-8-22(12-14)15-9-16(23-2)11-17(10-15)24-3/h9-11,13-14H,4-8,12H2,1-3H3,(H2,19,20,21). The van der Waals surface area contributed by atoms with E-state index in [0.717, 1.165) is 49.2 Å². The molecular formula is C18H28N4O2. The van der Waals surface area contributed by atoms with Crippen molar-refractivity contribution in [3.8, 4) is 11.5 Å². The molecule has 0 amide bonds. The van der Waals surface area contributed by atoms with Gasteiger partial charge in [-0.3, -0.25) is 4.99 Å². The lowest BCUT2D eigenvalue weighted by Gasteiger charge is -2.21. The van der Waals surface area contributed by atoms with Gasteiger partial charge in [-0.15, -0.1) is 0 Å². The number of hydrogen-bond acceptors (Lipinski definition) is 4. The zero-order chi connectivity index (χ0) is 16.9. The maximum absolute atomic E-state index is 5.38. The number of nitrogens with zero attached hydrogens (tertiary/aromatic N) is 2. The molecule has 1 aromatic carbocycles. The van der Waals surface area contributed by atoms with Gasteiger partial charge in [-0.2, -0.15) is 0 Å². The third kappa shape index (κ3) is 4.24. The molecule has 1 saturated carbocycles. The Morgan fingerprint density at radius 2 is 1.75 bits per heavy atom. The van der Waals surface area contributed by atoms with Crippen LogP contribution in [0, 0.1) is 0 Å². The van der Waals surface area contributed by atoms with Crippen LogP contribution in [0.15, 0.2) is 23.2 Å². The van der Waals surface area contributed by atoms with Gasteiger partial charge in [0, 0.05) is 55.6 Å². The van der Waals surface area contributed by atoms with Crippen LogP contribution in [0.4, 0.5) is 5.69 Å². The third-order valence-corrected chi connectivity index (χ3v) is 4.46. The summed E-state index contributed by atoms with van der Waals surface area (Å²) >= 11 is 0. The molecule has 132 valence electrons. The normalized spacial score (nSPS) is 20.9. The van der Waals surface area contributed by atoms with E-state index in [1.807, 2.05) is 6.07 Å². The summed E-state index contributed by atoms with van der Waals surface area (Å²) in [7, 11) is 3.37. The Morgan fingerprint density at radius 1 is 1.08 bits per heavy atom. The van der Waals surface area contributed by atoms with E-state index in [-0.39, 0.29) is 0 Å². The molecule has 6 heteroatoms. The number of rotatable bonds is 6. The number of anilines is 1. The molecule has 2 N–H and O–H groups in total. The number of ether oxygens (including phenoxy) is 2. The summed E-state index contributed by atoms with van der Waals surface area (Å²) in [6.07, 6.45) is 3.60. The molecule has 0 bridgehead atoms. The molecule has 1 atom stereocenters.